The lowest BCUT2D eigenvalue weighted by molar-refractivity contribution is 0.309. The Kier molecular flexibility index (Phi) is 7.60. The van der Waals surface area contributed by atoms with Gasteiger partial charge in [-0.2, -0.15) is 0 Å². The Morgan fingerprint density at radius 3 is 2.53 bits per heavy atom. The van der Waals surface area contributed by atoms with Crippen LogP contribution in [0.3, 0.4) is 0 Å². The Bertz CT molecular complexity index is 857. The SMILES string of the molecule is COc1ccc(CN=C(NCc2nnc(C)n2C)N2CCC3(CCCC3)C2)cc1.I. The van der Waals surface area contributed by atoms with E-state index in [1.165, 1.54) is 37.7 Å². The number of hydrogen-bond acceptors (Lipinski definition) is 4. The van der Waals surface area contributed by atoms with Crippen molar-refractivity contribution in [2.45, 2.75) is 52.1 Å². The van der Waals surface area contributed by atoms with Crippen LogP contribution in [0.4, 0.5) is 0 Å². The molecule has 1 aliphatic carbocycles. The minimum atomic E-state index is 0. The summed E-state index contributed by atoms with van der Waals surface area (Å²) in [6, 6.07) is 8.14. The van der Waals surface area contributed by atoms with E-state index in [0.29, 0.717) is 18.5 Å². The predicted molar refractivity (Wildman–Crippen MR) is 129 cm³/mol. The van der Waals surface area contributed by atoms with Gasteiger partial charge in [0.15, 0.2) is 11.8 Å². The summed E-state index contributed by atoms with van der Waals surface area (Å²) in [4.78, 5) is 7.41. The van der Waals surface area contributed by atoms with Crippen LogP contribution in [0.25, 0.3) is 0 Å². The number of methoxy groups -OCH3 is 1. The molecular weight excluding hydrogens is 491 g/mol. The van der Waals surface area contributed by atoms with Crippen LogP contribution in [0.1, 0.15) is 49.3 Å². The molecule has 7 nitrogen and oxygen atoms in total. The standard InChI is InChI=1S/C22H32N6O.HI/c1-17-25-26-20(27(17)2)15-24-21(23-14-18-6-8-19(29-3)9-7-18)28-13-12-22(16-28)10-4-5-11-22;/h6-9H,4-5,10-16H2,1-3H3,(H,23,24);1H. The molecule has 1 aromatic carbocycles. The lowest BCUT2D eigenvalue weighted by atomic mass is 9.86. The lowest BCUT2D eigenvalue weighted by Crippen LogP contribution is -2.41. The van der Waals surface area contributed by atoms with Gasteiger partial charge < -0.3 is 19.5 Å². The number of benzene rings is 1. The van der Waals surface area contributed by atoms with E-state index in [1.807, 2.05) is 30.7 Å². The van der Waals surface area contributed by atoms with E-state index in [0.717, 1.165) is 36.4 Å². The number of aliphatic imine (C=N–C) groups is 1. The van der Waals surface area contributed by atoms with E-state index >= 15 is 0 Å². The molecule has 4 rings (SSSR count). The van der Waals surface area contributed by atoms with E-state index in [4.69, 9.17) is 9.73 Å². The number of halogens is 1. The number of ether oxygens (including phenoxy) is 1. The largest absolute Gasteiger partial charge is 0.497 e. The van der Waals surface area contributed by atoms with Gasteiger partial charge in [-0.3, -0.25) is 0 Å². The van der Waals surface area contributed by atoms with Gasteiger partial charge in [-0.15, -0.1) is 34.2 Å². The maximum atomic E-state index is 5.26. The van der Waals surface area contributed by atoms with Gasteiger partial charge >= 0.3 is 0 Å². The molecule has 2 aliphatic rings. The molecule has 1 N–H and O–H groups in total. The fourth-order valence-corrected chi connectivity index (χ4v) is 4.58. The summed E-state index contributed by atoms with van der Waals surface area (Å²) in [5.74, 6) is 3.70. The molecular formula is C22H33IN6O. The quantitative estimate of drug-likeness (QED) is 0.368. The van der Waals surface area contributed by atoms with Crippen LogP contribution in [-0.2, 0) is 20.1 Å². The summed E-state index contributed by atoms with van der Waals surface area (Å²) in [5, 5.41) is 12.0. The first kappa shape index (κ1) is 22.8. The molecule has 164 valence electrons. The second-order valence-electron chi connectivity index (χ2n) is 8.44. The predicted octanol–water partition coefficient (Wildman–Crippen LogP) is 3.66. The Labute approximate surface area is 196 Å². The highest BCUT2D eigenvalue weighted by Gasteiger charge is 2.41. The van der Waals surface area contributed by atoms with Crippen LogP contribution >= 0.6 is 24.0 Å². The van der Waals surface area contributed by atoms with E-state index in [-0.39, 0.29) is 24.0 Å². The van der Waals surface area contributed by atoms with Crippen molar-refractivity contribution in [1.82, 2.24) is 25.0 Å². The average molecular weight is 524 g/mol. The Hall–Kier alpha value is -1.84. The molecule has 1 aromatic heterocycles. The van der Waals surface area contributed by atoms with Crippen molar-refractivity contribution in [3.63, 3.8) is 0 Å². The maximum absolute atomic E-state index is 5.26. The van der Waals surface area contributed by atoms with Crippen molar-refractivity contribution >= 4 is 29.9 Å². The Morgan fingerprint density at radius 2 is 1.90 bits per heavy atom. The molecule has 30 heavy (non-hydrogen) atoms. The van der Waals surface area contributed by atoms with Gasteiger partial charge in [0.1, 0.15) is 11.6 Å². The number of rotatable bonds is 5. The van der Waals surface area contributed by atoms with Crippen molar-refractivity contribution in [2.24, 2.45) is 17.5 Å². The smallest absolute Gasteiger partial charge is 0.194 e. The zero-order valence-corrected chi connectivity index (χ0v) is 20.6. The van der Waals surface area contributed by atoms with Gasteiger partial charge in [0.25, 0.3) is 0 Å². The van der Waals surface area contributed by atoms with Crippen molar-refractivity contribution in [2.75, 3.05) is 20.2 Å². The molecule has 2 aromatic rings. The van der Waals surface area contributed by atoms with Crippen LogP contribution in [0.15, 0.2) is 29.3 Å². The topological polar surface area (TPSA) is 67.6 Å². The summed E-state index contributed by atoms with van der Waals surface area (Å²) >= 11 is 0. The minimum Gasteiger partial charge on any atom is -0.497 e. The Balaban J connectivity index is 0.00000256. The molecule has 2 heterocycles. The lowest BCUT2D eigenvalue weighted by Gasteiger charge is -2.26. The fourth-order valence-electron chi connectivity index (χ4n) is 4.58. The van der Waals surface area contributed by atoms with E-state index in [1.54, 1.807) is 7.11 Å². The highest BCUT2D eigenvalue weighted by atomic mass is 127. The van der Waals surface area contributed by atoms with Crippen LogP contribution in [0, 0.1) is 12.3 Å². The van der Waals surface area contributed by atoms with Gasteiger partial charge in [-0.05, 0) is 49.3 Å². The summed E-state index contributed by atoms with van der Waals surface area (Å²) in [7, 11) is 3.69. The zero-order valence-electron chi connectivity index (χ0n) is 18.2. The molecule has 1 aliphatic heterocycles. The molecule has 0 radical (unpaired) electrons. The van der Waals surface area contributed by atoms with Gasteiger partial charge in [-0.25, -0.2) is 4.99 Å². The normalized spacial score (nSPS) is 18.0. The highest BCUT2D eigenvalue weighted by Crippen LogP contribution is 2.45. The molecule has 1 spiro atoms. The first-order chi connectivity index (χ1) is 14.1. The molecule has 1 saturated heterocycles. The van der Waals surface area contributed by atoms with Gasteiger partial charge in [0.05, 0.1) is 20.2 Å². The number of nitrogens with zero attached hydrogens (tertiary/aromatic N) is 5. The molecule has 2 fully saturated rings. The number of aryl methyl sites for hydroxylation is 1. The summed E-state index contributed by atoms with van der Waals surface area (Å²) in [6.45, 7) is 5.43. The van der Waals surface area contributed by atoms with Crippen LogP contribution in [-0.4, -0.2) is 45.8 Å². The van der Waals surface area contributed by atoms with Crippen molar-refractivity contribution < 1.29 is 4.74 Å². The van der Waals surface area contributed by atoms with Crippen LogP contribution < -0.4 is 10.1 Å². The molecule has 8 heteroatoms. The van der Waals surface area contributed by atoms with Gasteiger partial charge in [0.2, 0.25) is 0 Å². The molecule has 1 saturated carbocycles. The monoisotopic (exact) mass is 524 g/mol. The first-order valence-electron chi connectivity index (χ1n) is 10.6. The number of nitrogens with one attached hydrogen (secondary N) is 1. The van der Waals surface area contributed by atoms with Crippen LogP contribution in [0.2, 0.25) is 0 Å². The molecule has 0 bridgehead atoms. The van der Waals surface area contributed by atoms with E-state index in [9.17, 15) is 0 Å². The van der Waals surface area contributed by atoms with E-state index < -0.39 is 0 Å². The Morgan fingerprint density at radius 1 is 1.17 bits per heavy atom. The number of hydrogen-bond donors (Lipinski definition) is 1. The van der Waals surface area contributed by atoms with Gasteiger partial charge in [-0.1, -0.05) is 25.0 Å². The van der Waals surface area contributed by atoms with Crippen LogP contribution in [0.5, 0.6) is 5.75 Å². The third-order valence-corrected chi connectivity index (χ3v) is 6.56. The van der Waals surface area contributed by atoms with Gasteiger partial charge in [0, 0.05) is 20.1 Å². The third-order valence-electron chi connectivity index (χ3n) is 6.56. The number of aromatic nitrogens is 3. The summed E-state index contributed by atoms with van der Waals surface area (Å²) < 4.78 is 7.28. The number of likely N-dealkylation sites (tertiary alicyclic amines) is 1. The van der Waals surface area contributed by atoms with Crippen molar-refractivity contribution in [3.05, 3.63) is 41.5 Å². The first-order valence-corrected chi connectivity index (χ1v) is 10.6. The third kappa shape index (κ3) is 5.07. The molecule has 0 unspecified atom stereocenters. The molecule has 0 amide bonds. The second kappa shape index (κ2) is 9.98. The average Bonchev–Trinajstić information content (AvgIpc) is 3.46. The summed E-state index contributed by atoms with van der Waals surface area (Å²) in [5.41, 5.74) is 1.68. The zero-order chi connectivity index (χ0) is 20.3. The molecule has 0 atom stereocenters. The minimum absolute atomic E-state index is 0. The summed E-state index contributed by atoms with van der Waals surface area (Å²) in [6.07, 6.45) is 6.74. The van der Waals surface area contributed by atoms with E-state index in [2.05, 4.69) is 32.5 Å². The highest BCUT2D eigenvalue weighted by molar-refractivity contribution is 14.0. The fraction of sp³-hybridized carbons (Fsp3) is 0.591. The second-order valence-corrected chi connectivity index (χ2v) is 8.44. The van der Waals surface area contributed by atoms with Crippen molar-refractivity contribution in [1.29, 1.82) is 0 Å². The number of guanidine groups is 1. The maximum Gasteiger partial charge on any atom is 0.194 e. The van der Waals surface area contributed by atoms with Crippen molar-refractivity contribution in [3.8, 4) is 5.75 Å².